The highest BCUT2D eigenvalue weighted by Gasteiger charge is 2.25. The van der Waals surface area contributed by atoms with Crippen LogP contribution in [0.25, 0.3) is 0 Å². The Morgan fingerprint density at radius 1 is 1.03 bits per heavy atom. The van der Waals surface area contributed by atoms with Crippen molar-refractivity contribution in [3.8, 4) is 11.5 Å². The maximum atomic E-state index is 12.5. The molecule has 0 saturated carbocycles. The molecule has 3 heterocycles. The van der Waals surface area contributed by atoms with E-state index in [9.17, 15) is 4.79 Å². The fourth-order valence-electron chi connectivity index (χ4n) is 3.42. The Bertz CT molecular complexity index is 1070. The number of hydrogen-bond donors (Lipinski definition) is 1. The highest BCUT2D eigenvalue weighted by molar-refractivity contribution is 7.12. The van der Waals surface area contributed by atoms with Crippen LogP contribution in [0.15, 0.2) is 65.0 Å². The number of fused-ring (bicyclic) bond motifs is 2. The van der Waals surface area contributed by atoms with Crippen LogP contribution in [-0.2, 0) is 4.74 Å². The van der Waals surface area contributed by atoms with Crippen LogP contribution in [0, 0.1) is 0 Å². The summed E-state index contributed by atoms with van der Waals surface area (Å²) < 4.78 is 11.7. The van der Waals surface area contributed by atoms with Crippen LogP contribution >= 0.6 is 11.3 Å². The van der Waals surface area contributed by atoms with Crippen LogP contribution in [0.4, 0.5) is 11.4 Å². The van der Waals surface area contributed by atoms with Crippen LogP contribution in [0.5, 0.6) is 11.5 Å². The number of anilines is 1. The summed E-state index contributed by atoms with van der Waals surface area (Å²) in [5.74, 6) is 2.14. The molecule has 1 aromatic heterocycles. The lowest BCUT2D eigenvalue weighted by Gasteiger charge is -2.30. The molecule has 5 rings (SSSR count). The summed E-state index contributed by atoms with van der Waals surface area (Å²) in [6, 6.07) is 17.1. The van der Waals surface area contributed by atoms with Gasteiger partial charge in [0.25, 0.3) is 5.91 Å². The third kappa shape index (κ3) is 3.62. The molecule has 0 unspecified atom stereocenters. The normalized spacial score (nSPS) is 15.4. The van der Waals surface area contributed by atoms with Crippen molar-refractivity contribution in [3.05, 3.63) is 70.4 Å². The van der Waals surface area contributed by atoms with E-state index in [-0.39, 0.29) is 5.91 Å². The largest absolute Gasteiger partial charge is 0.454 e. The van der Waals surface area contributed by atoms with Gasteiger partial charge in [-0.15, -0.1) is 11.3 Å². The zero-order chi connectivity index (χ0) is 19.6. The van der Waals surface area contributed by atoms with E-state index < -0.39 is 0 Å². The monoisotopic (exact) mass is 405 g/mol. The molecule has 0 radical (unpaired) electrons. The van der Waals surface area contributed by atoms with Gasteiger partial charge >= 0.3 is 0 Å². The molecule has 1 N–H and O–H groups in total. The van der Waals surface area contributed by atoms with E-state index in [1.54, 1.807) is 0 Å². The number of amidine groups is 1. The first kappa shape index (κ1) is 17.9. The van der Waals surface area contributed by atoms with Gasteiger partial charge in [0.15, 0.2) is 5.75 Å². The molecule has 2 aliphatic heterocycles. The number of aliphatic imine (C=N–C) groups is 1. The topological polar surface area (TPSA) is 63.2 Å². The SMILES string of the molecule is O=C(Nc1ccc2c(c1)C(N1CCOCC1)=Nc1ccccc1O2)c1cccs1. The van der Waals surface area contributed by atoms with E-state index in [1.165, 1.54) is 11.3 Å². The smallest absolute Gasteiger partial charge is 0.265 e. The molecule has 0 spiro atoms. The Balaban J connectivity index is 1.55. The molecule has 29 heavy (non-hydrogen) atoms. The minimum Gasteiger partial charge on any atom is -0.454 e. The van der Waals surface area contributed by atoms with Gasteiger partial charge in [-0.05, 0) is 41.8 Å². The van der Waals surface area contributed by atoms with E-state index in [1.807, 2.05) is 60.0 Å². The quantitative estimate of drug-likeness (QED) is 0.681. The maximum absolute atomic E-state index is 12.5. The predicted octanol–water partition coefficient (Wildman–Crippen LogP) is 4.52. The molecule has 2 aromatic carbocycles. The number of hydrogen-bond acceptors (Lipinski definition) is 6. The minimum atomic E-state index is -0.123. The van der Waals surface area contributed by atoms with Crippen molar-refractivity contribution in [1.82, 2.24) is 4.90 Å². The maximum Gasteiger partial charge on any atom is 0.265 e. The van der Waals surface area contributed by atoms with Crippen LogP contribution in [-0.4, -0.2) is 42.9 Å². The Morgan fingerprint density at radius 2 is 1.90 bits per heavy atom. The van der Waals surface area contributed by atoms with Crippen molar-refractivity contribution < 1.29 is 14.3 Å². The molecule has 1 saturated heterocycles. The standard InChI is InChI=1S/C22H19N3O3S/c26-22(20-6-3-13-29-20)23-15-7-8-18-16(14-15)21(25-9-11-27-12-10-25)24-17-4-1-2-5-19(17)28-18/h1-8,13-14H,9-12H2,(H,23,26). The lowest BCUT2D eigenvalue weighted by atomic mass is 10.1. The number of nitrogens with one attached hydrogen (secondary N) is 1. The second kappa shape index (κ2) is 7.69. The van der Waals surface area contributed by atoms with Gasteiger partial charge in [0.05, 0.1) is 23.7 Å². The molecule has 6 nitrogen and oxygen atoms in total. The number of benzene rings is 2. The first-order valence-electron chi connectivity index (χ1n) is 9.45. The van der Waals surface area contributed by atoms with Gasteiger partial charge in [0.2, 0.25) is 0 Å². The lowest BCUT2D eigenvalue weighted by molar-refractivity contribution is 0.0683. The molecule has 1 amide bonds. The van der Waals surface area contributed by atoms with Gasteiger partial charge < -0.3 is 19.7 Å². The highest BCUT2D eigenvalue weighted by Crippen LogP contribution is 2.39. The average molecular weight is 405 g/mol. The Hall–Kier alpha value is -3.16. The number of carbonyl (C=O) groups is 1. The molecule has 0 bridgehead atoms. The van der Waals surface area contributed by atoms with Crippen LogP contribution < -0.4 is 10.1 Å². The van der Waals surface area contributed by atoms with Crippen molar-refractivity contribution >= 4 is 34.5 Å². The molecular weight excluding hydrogens is 386 g/mol. The van der Waals surface area contributed by atoms with Crippen LogP contribution in [0.3, 0.4) is 0 Å². The number of rotatable bonds is 2. The first-order valence-corrected chi connectivity index (χ1v) is 10.3. The number of thiophene rings is 1. The predicted molar refractivity (Wildman–Crippen MR) is 114 cm³/mol. The molecule has 0 aliphatic carbocycles. The van der Waals surface area contributed by atoms with Crippen molar-refractivity contribution in [2.75, 3.05) is 31.6 Å². The van der Waals surface area contributed by atoms with E-state index in [0.29, 0.717) is 35.3 Å². The Kier molecular flexibility index (Phi) is 4.75. The number of amides is 1. The van der Waals surface area contributed by atoms with E-state index in [4.69, 9.17) is 14.5 Å². The summed E-state index contributed by atoms with van der Waals surface area (Å²) in [4.78, 5) is 20.3. The van der Waals surface area contributed by atoms with Crippen molar-refractivity contribution in [3.63, 3.8) is 0 Å². The van der Waals surface area contributed by atoms with Gasteiger partial charge in [-0.2, -0.15) is 0 Å². The van der Waals surface area contributed by atoms with Crippen LogP contribution in [0.2, 0.25) is 0 Å². The number of para-hydroxylation sites is 2. The third-order valence-electron chi connectivity index (χ3n) is 4.85. The summed E-state index contributed by atoms with van der Waals surface area (Å²) >= 11 is 1.41. The molecular formula is C22H19N3O3S. The zero-order valence-electron chi connectivity index (χ0n) is 15.6. The van der Waals surface area contributed by atoms with Gasteiger partial charge in [0, 0.05) is 18.8 Å². The van der Waals surface area contributed by atoms with Crippen molar-refractivity contribution in [1.29, 1.82) is 0 Å². The van der Waals surface area contributed by atoms with Gasteiger partial charge in [0.1, 0.15) is 17.3 Å². The number of morpholine rings is 1. The zero-order valence-corrected chi connectivity index (χ0v) is 16.4. The minimum absolute atomic E-state index is 0.123. The summed E-state index contributed by atoms with van der Waals surface area (Å²) in [5, 5.41) is 4.87. The molecule has 7 heteroatoms. The second-order valence-electron chi connectivity index (χ2n) is 6.75. The number of ether oxygens (including phenoxy) is 2. The summed E-state index contributed by atoms with van der Waals surface area (Å²) in [7, 11) is 0. The van der Waals surface area contributed by atoms with Gasteiger partial charge in [-0.25, -0.2) is 4.99 Å². The molecule has 0 atom stereocenters. The van der Waals surface area contributed by atoms with Crippen LogP contribution in [0.1, 0.15) is 15.2 Å². The van der Waals surface area contributed by atoms with Gasteiger partial charge in [-0.3, -0.25) is 4.79 Å². The Labute approximate surface area is 172 Å². The van der Waals surface area contributed by atoms with E-state index in [2.05, 4.69) is 10.2 Å². The lowest BCUT2D eigenvalue weighted by Crippen LogP contribution is -2.41. The van der Waals surface area contributed by atoms with E-state index >= 15 is 0 Å². The molecule has 2 aliphatic rings. The fraction of sp³-hybridized carbons (Fsp3) is 0.182. The fourth-order valence-corrected chi connectivity index (χ4v) is 4.04. The first-order chi connectivity index (χ1) is 14.3. The summed E-state index contributed by atoms with van der Waals surface area (Å²) in [6.45, 7) is 2.83. The van der Waals surface area contributed by atoms with Crippen molar-refractivity contribution in [2.24, 2.45) is 4.99 Å². The second-order valence-corrected chi connectivity index (χ2v) is 7.69. The molecule has 3 aromatic rings. The number of nitrogens with zero attached hydrogens (tertiary/aromatic N) is 2. The molecule has 1 fully saturated rings. The average Bonchev–Trinajstić information content (AvgIpc) is 3.24. The summed E-state index contributed by atoms with van der Waals surface area (Å²) in [5.41, 5.74) is 2.35. The number of carbonyl (C=O) groups excluding carboxylic acids is 1. The van der Waals surface area contributed by atoms with Gasteiger partial charge in [-0.1, -0.05) is 18.2 Å². The Morgan fingerprint density at radius 3 is 2.72 bits per heavy atom. The van der Waals surface area contributed by atoms with E-state index in [0.717, 1.165) is 30.2 Å². The summed E-state index contributed by atoms with van der Waals surface area (Å²) in [6.07, 6.45) is 0. The third-order valence-corrected chi connectivity index (χ3v) is 5.71. The highest BCUT2D eigenvalue weighted by atomic mass is 32.1. The van der Waals surface area contributed by atoms with Crippen molar-refractivity contribution in [2.45, 2.75) is 0 Å². The molecule has 146 valence electrons.